The van der Waals surface area contributed by atoms with Crippen LogP contribution in [0.5, 0.6) is 11.5 Å². The van der Waals surface area contributed by atoms with Gasteiger partial charge in [-0.2, -0.15) is 0 Å². The molecule has 1 atom stereocenters. The number of non-ortho nitro benzene ring substituents is 1. The fraction of sp³-hybridized carbons (Fsp3) is 0.350. The summed E-state index contributed by atoms with van der Waals surface area (Å²) in [4.78, 5) is 22.5. The van der Waals surface area contributed by atoms with Gasteiger partial charge >= 0.3 is 0 Å². The minimum atomic E-state index is -0.983. The van der Waals surface area contributed by atoms with Crippen molar-refractivity contribution in [3.05, 3.63) is 63.7 Å². The molecule has 1 amide bonds. The van der Waals surface area contributed by atoms with Gasteiger partial charge in [0.1, 0.15) is 0 Å². The van der Waals surface area contributed by atoms with E-state index in [1.54, 1.807) is 18.2 Å². The molecule has 0 fully saturated rings. The Morgan fingerprint density at radius 1 is 1.21 bits per heavy atom. The van der Waals surface area contributed by atoms with E-state index in [1.165, 1.54) is 31.4 Å². The first-order valence-corrected chi connectivity index (χ1v) is 8.97. The van der Waals surface area contributed by atoms with Crippen molar-refractivity contribution in [3.8, 4) is 11.5 Å². The van der Waals surface area contributed by atoms with Crippen molar-refractivity contribution >= 4 is 11.6 Å². The SMILES string of the molecule is CCCCOc1ccc(C(=O)NC[C@@H](O)c2ccc([N+](=O)[O-])cc2)cc1OC. The number of hydrogen-bond donors (Lipinski definition) is 2. The Kier molecular flexibility index (Phi) is 7.76. The van der Waals surface area contributed by atoms with Crippen LogP contribution in [-0.4, -0.2) is 36.2 Å². The highest BCUT2D eigenvalue weighted by molar-refractivity contribution is 5.94. The molecule has 2 aromatic rings. The Morgan fingerprint density at radius 2 is 1.93 bits per heavy atom. The van der Waals surface area contributed by atoms with Crippen LogP contribution in [0.15, 0.2) is 42.5 Å². The summed E-state index contributed by atoms with van der Waals surface area (Å²) in [5, 5.41) is 23.5. The maximum absolute atomic E-state index is 12.4. The first kappa shape index (κ1) is 21.2. The van der Waals surface area contributed by atoms with Crippen molar-refractivity contribution in [2.45, 2.75) is 25.9 Å². The van der Waals surface area contributed by atoms with Crippen molar-refractivity contribution in [1.29, 1.82) is 0 Å². The number of benzene rings is 2. The first-order valence-electron chi connectivity index (χ1n) is 8.97. The second kappa shape index (κ2) is 10.3. The van der Waals surface area contributed by atoms with Gasteiger partial charge in [0.25, 0.3) is 11.6 Å². The molecule has 2 N–H and O–H groups in total. The molecule has 2 aromatic carbocycles. The molecule has 150 valence electrons. The Hall–Kier alpha value is -3.13. The minimum absolute atomic E-state index is 0.0340. The van der Waals surface area contributed by atoms with Crippen LogP contribution < -0.4 is 14.8 Å². The summed E-state index contributed by atoms with van der Waals surface area (Å²) in [6, 6.07) is 10.4. The molecular weight excluding hydrogens is 364 g/mol. The van der Waals surface area contributed by atoms with E-state index in [2.05, 4.69) is 12.2 Å². The summed E-state index contributed by atoms with van der Waals surface area (Å²) in [5.74, 6) is 0.650. The van der Waals surface area contributed by atoms with Crippen LogP contribution in [0.1, 0.15) is 41.8 Å². The molecule has 0 bridgehead atoms. The summed E-state index contributed by atoms with van der Waals surface area (Å²) in [5.41, 5.74) is 0.784. The van der Waals surface area contributed by atoms with Crippen LogP contribution in [0.25, 0.3) is 0 Å². The van der Waals surface area contributed by atoms with E-state index in [-0.39, 0.29) is 18.1 Å². The number of rotatable bonds is 10. The smallest absolute Gasteiger partial charge is 0.269 e. The lowest BCUT2D eigenvalue weighted by Gasteiger charge is -2.14. The average Bonchev–Trinajstić information content (AvgIpc) is 2.72. The van der Waals surface area contributed by atoms with E-state index in [1.807, 2.05) is 0 Å². The molecule has 0 radical (unpaired) electrons. The van der Waals surface area contributed by atoms with Gasteiger partial charge in [-0.3, -0.25) is 14.9 Å². The number of carbonyl (C=O) groups excluding carboxylic acids is 1. The number of unbranched alkanes of at least 4 members (excludes halogenated alkanes) is 1. The van der Waals surface area contributed by atoms with E-state index in [4.69, 9.17) is 9.47 Å². The number of amides is 1. The molecule has 0 unspecified atom stereocenters. The average molecular weight is 388 g/mol. The number of ether oxygens (including phenoxy) is 2. The lowest BCUT2D eigenvalue weighted by molar-refractivity contribution is -0.384. The van der Waals surface area contributed by atoms with Gasteiger partial charge in [-0.15, -0.1) is 0 Å². The zero-order valence-electron chi connectivity index (χ0n) is 15.9. The summed E-state index contributed by atoms with van der Waals surface area (Å²) in [6.07, 6.45) is 0.953. The fourth-order valence-electron chi connectivity index (χ4n) is 2.48. The number of carbonyl (C=O) groups is 1. The molecular formula is C20H24N2O6. The molecule has 8 heteroatoms. The monoisotopic (exact) mass is 388 g/mol. The van der Waals surface area contributed by atoms with Gasteiger partial charge in [0, 0.05) is 24.2 Å². The highest BCUT2D eigenvalue weighted by atomic mass is 16.6. The summed E-state index contributed by atoms with van der Waals surface area (Å²) in [6.45, 7) is 2.60. The quantitative estimate of drug-likeness (QED) is 0.367. The molecule has 0 spiro atoms. The molecule has 28 heavy (non-hydrogen) atoms. The van der Waals surface area contributed by atoms with E-state index < -0.39 is 11.0 Å². The zero-order valence-corrected chi connectivity index (χ0v) is 15.9. The van der Waals surface area contributed by atoms with Crippen LogP contribution in [0.3, 0.4) is 0 Å². The first-order chi connectivity index (χ1) is 13.5. The third-order valence-corrected chi connectivity index (χ3v) is 4.13. The molecule has 0 aromatic heterocycles. The third-order valence-electron chi connectivity index (χ3n) is 4.13. The maximum Gasteiger partial charge on any atom is 0.269 e. The largest absolute Gasteiger partial charge is 0.493 e. The van der Waals surface area contributed by atoms with Gasteiger partial charge < -0.3 is 19.9 Å². The molecule has 0 aliphatic rings. The van der Waals surface area contributed by atoms with Gasteiger partial charge in [0.05, 0.1) is 24.7 Å². The Balaban J connectivity index is 1.97. The van der Waals surface area contributed by atoms with Crippen LogP contribution in [0.4, 0.5) is 5.69 Å². The van der Waals surface area contributed by atoms with Crippen LogP contribution >= 0.6 is 0 Å². The molecule has 0 aliphatic carbocycles. The summed E-state index contributed by atoms with van der Waals surface area (Å²) in [7, 11) is 1.50. The van der Waals surface area contributed by atoms with Crippen LogP contribution in [-0.2, 0) is 0 Å². The van der Waals surface area contributed by atoms with Crippen molar-refractivity contribution in [1.82, 2.24) is 5.32 Å². The second-order valence-electron chi connectivity index (χ2n) is 6.14. The molecule has 0 heterocycles. The van der Waals surface area contributed by atoms with E-state index in [9.17, 15) is 20.0 Å². The lowest BCUT2D eigenvalue weighted by atomic mass is 10.1. The van der Waals surface area contributed by atoms with Crippen LogP contribution in [0, 0.1) is 10.1 Å². The number of nitro benzene ring substituents is 1. The van der Waals surface area contributed by atoms with E-state index >= 15 is 0 Å². The van der Waals surface area contributed by atoms with Crippen molar-refractivity contribution < 1.29 is 24.3 Å². The normalized spacial score (nSPS) is 11.5. The van der Waals surface area contributed by atoms with E-state index in [0.717, 1.165) is 12.8 Å². The highest BCUT2D eigenvalue weighted by Gasteiger charge is 2.14. The van der Waals surface area contributed by atoms with Gasteiger partial charge in [-0.25, -0.2) is 0 Å². The predicted octanol–water partition coefficient (Wildman–Crippen LogP) is 3.25. The van der Waals surface area contributed by atoms with Gasteiger partial charge in [-0.1, -0.05) is 13.3 Å². The maximum atomic E-state index is 12.4. The number of nitrogens with zero attached hydrogens (tertiary/aromatic N) is 1. The van der Waals surface area contributed by atoms with Crippen LogP contribution in [0.2, 0.25) is 0 Å². The topological polar surface area (TPSA) is 111 Å². The third kappa shape index (κ3) is 5.68. The van der Waals surface area contributed by atoms with Gasteiger partial charge in [0.15, 0.2) is 11.5 Å². The molecule has 0 saturated carbocycles. The molecule has 0 saturated heterocycles. The number of aliphatic hydroxyl groups excluding tert-OH is 1. The molecule has 8 nitrogen and oxygen atoms in total. The Morgan fingerprint density at radius 3 is 2.54 bits per heavy atom. The lowest BCUT2D eigenvalue weighted by Crippen LogP contribution is -2.28. The summed E-state index contributed by atoms with van der Waals surface area (Å²) < 4.78 is 10.9. The van der Waals surface area contributed by atoms with Gasteiger partial charge in [-0.05, 0) is 42.3 Å². The van der Waals surface area contributed by atoms with Crippen molar-refractivity contribution in [3.63, 3.8) is 0 Å². The van der Waals surface area contributed by atoms with Gasteiger partial charge in [0.2, 0.25) is 0 Å². The number of hydrogen-bond acceptors (Lipinski definition) is 6. The highest BCUT2D eigenvalue weighted by Crippen LogP contribution is 2.28. The van der Waals surface area contributed by atoms with Crippen molar-refractivity contribution in [2.75, 3.05) is 20.3 Å². The molecule has 2 rings (SSSR count). The number of methoxy groups -OCH3 is 1. The predicted molar refractivity (Wildman–Crippen MR) is 104 cm³/mol. The van der Waals surface area contributed by atoms with E-state index in [0.29, 0.717) is 29.2 Å². The Labute approximate surface area is 163 Å². The standard InChI is InChI=1S/C20H24N2O6/c1-3-4-11-28-18-10-7-15(12-19(18)27-2)20(24)21-13-17(23)14-5-8-16(9-6-14)22(25)26/h5-10,12,17,23H,3-4,11,13H2,1-2H3,(H,21,24)/t17-/m1/s1. The number of aliphatic hydroxyl groups is 1. The fourth-order valence-corrected chi connectivity index (χ4v) is 2.48. The molecule has 0 aliphatic heterocycles. The second-order valence-corrected chi connectivity index (χ2v) is 6.14. The number of nitrogens with one attached hydrogen (secondary N) is 1. The zero-order chi connectivity index (χ0) is 20.5. The minimum Gasteiger partial charge on any atom is -0.493 e. The Bertz CT molecular complexity index is 807. The number of nitro groups is 1. The summed E-state index contributed by atoms with van der Waals surface area (Å²) >= 11 is 0. The van der Waals surface area contributed by atoms with Crippen molar-refractivity contribution in [2.24, 2.45) is 0 Å².